The van der Waals surface area contributed by atoms with Crippen molar-refractivity contribution in [1.29, 1.82) is 0 Å². The molecular weight excluding hydrogens is 374 g/mol. The van der Waals surface area contributed by atoms with Gasteiger partial charge in [-0.1, -0.05) is 17.7 Å². The van der Waals surface area contributed by atoms with E-state index in [4.69, 9.17) is 21.5 Å². The van der Waals surface area contributed by atoms with Gasteiger partial charge in [0.05, 0.1) is 13.5 Å². The van der Waals surface area contributed by atoms with Crippen LogP contribution in [0.3, 0.4) is 0 Å². The Kier molecular flexibility index (Phi) is 5.51. The first-order chi connectivity index (χ1) is 12.5. The molecule has 0 radical (unpaired) electrons. The minimum absolute atomic E-state index is 0.0183. The maximum Gasteiger partial charge on any atom is 0.228 e. The summed E-state index contributed by atoms with van der Waals surface area (Å²) in [6.07, 6.45) is 1.58. The molecule has 1 heterocycles. The number of hydrogen-bond acceptors (Lipinski definition) is 6. The summed E-state index contributed by atoms with van der Waals surface area (Å²) in [4.78, 5) is 17.4. The SMILES string of the molecule is COc1nccc2c(SN)cc(NC(=O)Cc3c(O)cccc3Cl)cc12. The van der Waals surface area contributed by atoms with Gasteiger partial charge in [-0.15, -0.1) is 0 Å². The molecule has 3 aromatic rings. The van der Waals surface area contributed by atoms with E-state index in [0.717, 1.165) is 27.6 Å². The lowest BCUT2D eigenvalue weighted by Gasteiger charge is -2.12. The highest BCUT2D eigenvalue weighted by Crippen LogP contribution is 2.33. The van der Waals surface area contributed by atoms with Crippen LogP contribution in [0.25, 0.3) is 10.8 Å². The van der Waals surface area contributed by atoms with Gasteiger partial charge in [0.1, 0.15) is 5.75 Å². The molecule has 0 aliphatic carbocycles. The van der Waals surface area contributed by atoms with Crippen molar-refractivity contribution < 1.29 is 14.6 Å². The first kappa shape index (κ1) is 18.3. The predicted molar refractivity (Wildman–Crippen MR) is 104 cm³/mol. The highest BCUT2D eigenvalue weighted by atomic mass is 35.5. The highest BCUT2D eigenvalue weighted by Gasteiger charge is 2.14. The molecule has 0 bridgehead atoms. The van der Waals surface area contributed by atoms with Crippen LogP contribution in [-0.4, -0.2) is 23.1 Å². The third kappa shape index (κ3) is 3.70. The van der Waals surface area contributed by atoms with Gasteiger partial charge in [-0.3, -0.25) is 9.93 Å². The summed E-state index contributed by atoms with van der Waals surface area (Å²) < 4.78 is 5.29. The molecule has 4 N–H and O–H groups in total. The zero-order chi connectivity index (χ0) is 18.7. The maximum atomic E-state index is 12.4. The number of phenolic OH excluding ortho intramolecular Hbond substituents is 1. The number of benzene rings is 2. The molecule has 0 unspecified atom stereocenters. The largest absolute Gasteiger partial charge is 0.508 e. The number of fused-ring (bicyclic) bond motifs is 1. The van der Waals surface area contributed by atoms with Crippen LogP contribution >= 0.6 is 23.5 Å². The molecule has 3 rings (SSSR count). The van der Waals surface area contributed by atoms with Gasteiger partial charge in [0, 0.05) is 38.1 Å². The Morgan fingerprint density at radius 3 is 2.85 bits per heavy atom. The summed E-state index contributed by atoms with van der Waals surface area (Å²) >= 11 is 7.13. The molecule has 0 saturated carbocycles. The number of carbonyl (C=O) groups excluding carboxylic acids is 1. The zero-order valence-electron chi connectivity index (χ0n) is 13.8. The molecule has 1 aromatic heterocycles. The van der Waals surface area contributed by atoms with Crippen molar-refractivity contribution >= 4 is 45.9 Å². The monoisotopic (exact) mass is 389 g/mol. The third-order valence-corrected chi connectivity index (χ3v) is 4.79. The van der Waals surface area contributed by atoms with E-state index in [-0.39, 0.29) is 18.1 Å². The number of halogens is 1. The van der Waals surface area contributed by atoms with Crippen molar-refractivity contribution in [2.45, 2.75) is 11.3 Å². The fourth-order valence-electron chi connectivity index (χ4n) is 2.64. The Balaban J connectivity index is 1.92. The summed E-state index contributed by atoms with van der Waals surface area (Å²) in [6.45, 7) is 0. The molecule has 0 aliphatic rings. The van der Waals surface area contributed by atoms with Crippen LogP contribution in [0.2, 0.25) is 5.02 Å². The fraction of sp³-hybridized carbons (Fsp3) is 0.111. The lowest BCUT2D eigenvalue weighted by atomic mass is 10.1. The number of hydrogen-bond donors (Lipinski definition) is 3. The number of pyridine rings is 1. The Bertz CT molecular complexity index is 961. The van der Waals surface area contributed by atoms with Gasteiger partial charge in [-0.2, -0.15) is 0 Å². The van der Waals surface area contributed by atoms with Gasteiger partial charge in [-0.25, -0.2) is 4.98 Å². The second-order valence-corrected chi connectivity index (χ2v) is 6.55. The molecular formula is C18H16ClN3O3S. The lowest BCUT2D eigenvalue weighted by Crippen LogP contribution is -2.15. The second kappa shape index (κ2) is 7.82. The molecule has 134 valence electrons. The van der Waals surface area contributed by atoms with E-state index >= 15 is 0 Å². The summed E-state index contributed by atoms with van der Waals surface area (Å²) in [5, 5.41) is 20.4. The zero-order valence-corrected chi connectivity index (χ0v) is 15.4. The second-order valence-electron chi connectivity index (χ2n) is 5.47. The van der Waals surface area contributed by atoms with Crippen molar-refractivity contribution in [3.8, 4) is 11.6 Å². The minimum atomic E-state index is -0.316. The van der Waals surface area contributed by atoms with E-state index in [9.17, 15) is 9.90 Å². The quantitative estimate of drug-likeness (QED) is 0.575. The first-order valence-corrected chi connectivity index (χ1v) is 8.89. The van der Waals surface area contributed by atoms with E-state index in [1.165, 1.54) is 13.2 Å². The van der Waals surface area contributed by atoms with E-state index in [2.05, 4.69) is 10.3 Å². The van der Waals surface area contributed by atoms with E-state index in [1.54, 1.807) is 30.5 Å². The molecule has 0 aliphatic heterocycles. The first-order valence-electron chi connectivity index (χ1n) is 7.63. The molecule has 2 aromatic carbocycles. The number of aromatic hydroxyl groups is 1. The summed E-state index contributed by atoms with van der Waals surface area (Å²) in [6, 6.07) is 10.1. The smallest absolute Gasteiger partial charge is 0.228 e. The van der Waals surface area contributed by atoms with Crippen molar-refractivity contribution in [1.82, 2.24) is 4.98 Å². The number of nitrogens with zero attached hydrogens (tertiary/aromatic N) is 1. The van der Waals surface area contributed by atoms with Gasteiger partial charge in [0.15, 0.2) is 0 Å². The number of anilines is 1. The average Bonchev–Trinajstić information content (AvgIpc) is 2.63. The van der Waals surface area contributed by atoms with Crippen molar-refractivity contribution in [2.75, 3.05) is 12.4 Å². The van der Waals surface area contributed by atoms with Gasteiger partial charge in [0.2, 0.25) is 11.8 Å². The number of rotatable bonds is 5. The predicted octanol–water partition coefficient (Wildman–Crippen LogP) is 3.75. The topological polar surface area (TPSA) is 97.5 Å². The van der Waals surface area contributed by atoms with Crippen molar-refractivity contribution in [3.63, 3.8) is 0 Å². The number of nitrogens with one attached hydrogen (secondary N) is 1. The Hall–Kier alpha value is -2.48. The lowest BCUT2D eigenvalue weighted by molar-refractivity contribution is -0.115. The molecule has 0 saturated heterocycles. The van der Waals surface area contributed by atoms with Gasteiger partial charge < -0.3 is 15.2 Å². The van der Waals surface area contributed by atoms with Gasteiger partial charge in [-0.05, 0) is 42.3 Å². The summed E-state index contributed by atoms with van der Waals surface area (Å²) in [5.74, 6) is 0.108. The molecule has 8 heteroatoms. The van der Waals surface area contributed by atoms with Crippen molar-refractivity contribution in [2.24, 2.45) is 5.14 Å². The standard InChI is InChI=1S/C18H16ClN3O3S/c1-25-18-12-7-10(8-16(26-20)11(12)5-6-21-18)22-17(24)9-13-14(19)3-2-4-15(13)23/h2-8,23H,9,20H2,1H3,(H,22,24). The van der Waals surface area contributed by atoms with Crippen LogP contribution in [0, 0.1) is 0 Å². The van der Waals surface area contributed by atoms with Crippen LogP contribution in [0.1, 0.15) is 5.56 Å². The third-order valence-electron chi connectivity index (χ3n) is 3.84. The van der Waals surface area contributed by atoms with Crippen LogP contribution < -0.4 is 15.2 Å². The molecule has 6 nitrogen and oxygen atoms in total. The number of ether oxygens (including phenoxy) is 1. The molecule has 0 atom stereocenters. The van der Waals surface area contributed by atoms with Crippen LogP contribution in [0.4, 0.5) is 5.69 Å². The molecule has 1 amide bonds. The number of amides is 1. The summed E-state index contributed by atoms with van der Waals surface area (Å²) in [7, 11) is 1.53. The number of methoxy groups -OCH3 is 1. The normalized spacial score (nSPS) is 10.7. The van der Waals surface area contributed by atoms with Crippen LogP contribution in [0.15, 0.2) is 47.5 Å². The van der Waals surface area contributed by atoms with Crippen molar-refractivity contribution in [3.05, 3.63) is 53.2 Å². The van der Waals surface area contributed by atoms with Crippen LogP contribution in [0.5, 0.6) is 11.6 Å². The molecule has 0 spiro atoms. The Labute approximate surface area is 159 Å². The number of aromatic nitrogens is 1. The fourth-order valence-corrected chi connectivity index (χ4v) is 3.38. The van der Waals surface area contributed by atoms with Gasteiger partial charge >= 0.3 is 0 Å². The van der Waals surface area contributed by atoms with Gasteiger partial charge in [0.25, 0.3) is 0 Å². The summed E-state index contributed by atoms with van der Waals surface area (Å²) in [5.41, 5.74) is 0.924. The van der Waals surface area contributed by atoms with Crippen LogP contribution in [-0.2, 0) is 11.2 Å². The molecule has 0 fully saturated rings. The Morgan fingerprint density at radius 1 is 1.35 bits per heavy atom. The number of carbonyl (C=O) groups is 1. The highest BCUT2D eigenvalue weighted by molar-refractivity contribution is 7.97. The van der Waals surface area contributed by atoms with E-state index in [1.807, 2.05) is 6.07 Å². The maximum absolute atomic E-state index is 12.4. The van der Waals surface area contributed by atoms with E-state index in [0.29, 0.717) is 22.2 Å². The minimum Gasteiger partial charge on any atom is -0.508 e. The molecule has 26 heavy (non-hydrogen) atoms. The van der Waals surface area contributed by atoms with E-state index < -0.39 is 0 Å². The average molecular weight is 390 g/mol. The number of phenols is 1. The Morgan fingerprint density at radius 2 is 2.15 bits per heavy atom. The number of nitrogens with two attached hydrogens (primary N) is 1.